The average molecular weight is 144 g/mol. The molecule has 60 valence electrons. The molecule has 1 aliphatic heterocycles. The van der Waals surface area contributed by atoms with Gasteiger partial charge in [0, 0.05) is 6.04 Å². The molecule has 0 unspecified atom stereocenters. The lowest BCUT2D eigenvalue weighted by Gasteiger charge is -2.17. The molecule has 1 fully saturated rings. The van der Waals surface area contributed by atoms with Gasteiger partial charge in [-0.1, -0.05) is 0 Å². The van der Waals surface area contributed by atoms with Crippen LogP contribution >= 0.6 is 0 Å². The molecule has 1 aliphatic rings. The maximum absolute atomic E-state index is 5.44. The zero-order valence-electron chi connectivity index (χ0n) is 6.68. The van der Waals surface area contributed by atoms with Crippen LogP contribution in [-0.2, 0) is 4.74 Å². The van der Waals surface area contributed by atoms with Crippen LogP contribution in [0.1, 0.15) is 20.3 Å². The van der Waals surface area contributed by atoms with Crippen molar-refractivity contribution < 1.29 is 4.74 Å². The van der Waals surface area contributed by atoms with Crippen LogP contribution in [0, 0.1) is 0 Å². The molecule has 3 N–H and O–H groups in total. The van der Waals surface area contributed by atoms with Crippen molar-refractivity contribution in [3.05, 3.63) is 0 Å². The van der Waals surface area contributed by atoms with Crippen molar-refractivity contribution in [2.24, 2.45) is 5.73 Å². The van der Waals surface area contributed by atoms with E-state index in [4.69, 9.17) is 10.5 Å². The average Bonchev–Trinajstić information content (AvgIpc) is 2.12. The minimum Gasteiger partial charge on any atom is -0.360 e. The van der Waals surface area contributed by atoms with Crippen molar-refractivity contribution in [3.63, 3.8) is 0 Å². The first kappa shape index (κ1) is 7.98. The van der Waals surface area contributed by atoms with Crippen molar-refractivity contribution in [2.45, 2.75) is 32.0 Å². The Kier molecular flexibility index (Phi) is 2.28. The van der Waals surface area contributed by atoms with E-state index in [9.17, 15) is 0 Å². The van der Waals surface area contributed by atoms with E-state index in [1.807, 2.05) is 13.8 Å². The van der Waals surface area contributed by atoms with Crippen LogP contribution in [-0.4, -0.2) is 24.9 Å². The zero-order valence-corrected chi connectivity index (χ0v) is 6.68. The summed E-state index contributed by atoms with van der Waals surface area (Å²) < 4.78 is 5.44. The fourth-order valence-electron chi connectivity index (χ4n) is 1.24. The van der Waals surface area contributed by atoms with E-state index in [0.717, 1.165) is 19.6 Å². The molecule has 0 radical (unpaired) electrons. The maximum atomic E-state index is 5.44. The van der Waals surface area contributed by atoms with E-state index in [1.165, 1.54) is 0 Å². The summed E-state index contributed by atoms with van der Waals surface area (Å²) in [5, 5.41) is 3.33. The molecule has 1 atom stereocenters. The lowest BCUT2D eigenvalue weighted by molar-refractivity contribution is 0.0231. The van der Waals surface area contributed by atoms with E-state index < -0.39 is 0 Å². The van der Waals surface area contributed by atoms with Crippen LogP contribution in [0.25, 0.3) is 0 Å². The first-order chi connectivity index (χ1) is 4.64. The van der Waals surface area contributed by atoms with E-state index >= 15 is 0 Å². The van der Waals surface area contributed by atoms with Gasteiger partial charge in [-0.15, -0.1) is 0 Å². The highest BCUT2D eigenvalue weighted by molar-refractivity contribution is 4.81. The van der Waals surface area contributed by atoms with Crippen molar-refractivity contribution in [3.8, 4) is 0 Å². The van der Waals surface area contributed by atoms with Gasteiger partial charge in [-0.2, -0.15) is 0 Å². The lowest BCUT2D eigenvalue weighted by atomic mass is 10.2. The number of nitrogens with two attached hydrogens (primary N) is 1. The number of rotatable bonds is 2. The number of hydrogen-bond acceptors (Lipinski definition) is 3. The van der Waals surface area contributed by atoms with Gasteiger partial charge in [0.1, 0.15) is 5.72 Å². The summed E-state index contributed by atoms with van der Waals surface area (Å²) in [7, 11) is 0. The fourth-order valence-corrected chi connectivity index (χ4v) is 1.24. The minimum absolute atomic E-state index is 0.139. The topological polar surface area (TPSA) is 47.3 Å². The summed E-state index contributed by atoms with van der Waals surface area (Å²) in [4.78, 5) is 0. The molecule has 1 rings (SSSR count). The molecule has 0 aliphatic carbocycles. The van der Waals surface area contributed by atoms with E-state index in [2.05, 4.69) is 5.32 Å². The lowest BCUT2D eigenvalue weighted by Crippen LogP contribution is -2.39. The van der Waals surface area contributed by atoms with Crippen molar-refractivity contribution in [1.29, 1.82) is 0 Å². The molecule has 0 aromatic rings. The summed E-state index contributed by atoms with van der Waals surface area (Å²) in [6.07, 6.45) is 1.00. The van der Waals surface area contributed by atoms with E-state index in [1.54, 1.807) is 0 Å². The highest BCUT2D eigenvalue weighted by Crippen LogP contribution is 2.15. The predicted octanol–water partition coefficient (Wildman–Crippen LogP) is 0.0597. The van der Waals surface area contributed by atoms with Crippen molar-refractivity contribution >= 4 is 0 Å². The molecule has 1 saturated heterocycles. The standard InChI is InChI=1S/C7H16N2O/c1-7(2)9-6(3-4-8)5-10-7/h6,9H,3-5,8H2,1-2H3/t6-/m1/s1. The molecule has 0 saturated carbocycles. The highest BCUT2D eigenvalue weighted by Gasteiger charge is 2.29. The van der Waals surface area contributed by atoms with Crippen LogP contribution in [0.5, 0.6) is 0 Å². The monoisotopic (exact) mass is 144 g/mol. The van der Waals surface area contributed by atoms with Gasteiger partial charge in [-0.3, -0.25) is 5.32 Å². The van der Waals surface area contributed by atoms with Gasteiger partial charge >= 0.3 is 0 Å². The summed E-state index contributed by atoms with van der Waals surface area (Å²) >= 11 is 0. The predicted molar refractivity (Wildman–Crippen MR) is 40.6 cm³/mol. The fraction of sp³-hybridized carbons (Fsp3) is 1.00. The molecule has 10 heavy (non-hydrogen) atoms. The van der Waals surface area contributed by atoms with Gasteiger partial charge in [-0.05, 0) is 26.8 Å². The van der Waals surface area contributed by atoms with Crippen LogP contribution in [0.2, 0.25) is 0 Å². The van der Waals surface area contributed by atoms with Gasteiger partial charge in [0.05, 0.1) is 6.61 Å². The Balaban J connectivity index is 2.29. The van der Waals surface area contributed by atoms with Gasteiger partial charge in [-0.25, -0.2) is 0 Å². The van der Waals surface area contributed by atoms with Gasteiger partial charge in [0.15, 0.2) is 0 Å². The third-order valence-corrected chi connectivity index (χ3v) is 1.71. The number of hydrogen-bond donors (Lipinski definition) is 2. The summed E-state index contributed by atoms with van der Waals surface area (Å²) in [6.45, 7) is 5.59. The first-order valence-electron chi connectivity index (χ1n) is 3.76. The maximum Gasteiger partial charge on any atom is 0.113 e. The summed E-state index contributed by atoms with van der Waals surface area (Å²) in [6, 6.07) is 0.458. The van der Waals surface area contributed by atoms with Crippen LogP contribution in [0.3, 0.4) is 0 Å². The molecule has 1 heterocycles. The molecule has 0 bridgehead atoms. The molecule has 3 heteroatoms. The second-order valence-corrected chi connectivity index (χ2v) is 3.24. The zero-order chi connectivity index (χ0) is 7.61. The third kappa shape index (κ3) is 1.94. The second kappa shape index (κ2) is 2.86. The van der Waals surface area contributed by atoms with E-state index in [-0.39, 0.29) is 5.72 Å². The molecule has 0 spiro atoms. The summed E-state index contributed by atoms with van der Waals surface area (Å²) in [5.41, 5.74) is 5.26. The second-order valence-electron chi connectivity index (χ2n) is 3.24. The smallest absolute Gasteiger partial charge is 0.113 e. The quantitative estimate of drug-likeness (QED) is 0.576. The van der Waals surface area contributed by atoms with Gasteiger partial charge < -0.3 is 10.5 Å². The Labute approximate surface area is 61.9 Å². The Morgan fingerprint density at radius 2 is 2.40 bits per heavy atom. The van der Waals surface area contributed by atoms with Crippen LogP contribution < -0.4 is 11.1 Å². The highest BCUT2D eigenvalue weighted by atomic mass is 16.5. The molecular formula is C7H16N2O. The Morgan fingerprint density at radius 3 is 2.80 bits per heavy atom. The molecule has 0 amide bonds. The largest absolute Gasteiger partial charge is 0.360 e. The van der Waals surface area contributed by atoms with Crippen molar-refractivity contribution in [2.75, 3.05) is 13.2 Å². The minimum atomic E-state index is -0.139. The molecular weight excluding hydrogens is 128 g/mol. The van der Waals surface area contributed by atoms with Crippen molar-refractivity contribution in [1.82, 2.24) is 5.32 Å². The number of ether oxygens (including phenoxy) is 1. The molecule has 0 aromatic carbocycles. The first-order valence-corrected chi connectivity index (χ1v) is 3.76. The Morgan fingerprint density at radius 1 is 1.70 bits per heavy atom. The van der Waals surface area contributed by atoms with Gasteiger partial charge in [0.25, 0.3) is 0 Å². The van der Waals surface area contributed by atoms with Crippen LogP contribution in [0.15, 0.2) is 0 Å². The summed E-state index contributed by atoms with van der Waals surface area (Å²) in [5.74, 6) is 0. The Bertz CT molecular complexity index is 114. The third-order valence-electron chi connectivity index (χ3n) is 1.71. The van der Waals surface area contributed by atoms with Crippen LogP contribution in [0.4, 0.5) is 0 Å². The van der Waals surface area contributed by atoms with E-state index in [0.29, 0.717) is 6.04 Å². The molecule has 0 aromatic heterocycles. The van der Waals surface area contributed by atoms with Gasteiger partial charge in [0.2, 0.25) is 0 Å². The SMILES string of the molecule is CC1(C)N[C@H](CCN)CO1. The Hall–Kier alpha value is -0.120. The normalized spacial score (nSPS) is 30.9. The molecule has 3 nitrogen and oxygen atoms in total. The number of nitrogens with one attached hydrogen (secondary N) is 1.